The number of H-pyrrole nitrogens is 1. The monoisotopic (exact) mass is 761 g/mol. The molecule has 5 atom stereocenters. The minimum atomic E-state index is -2.97. The summed E-state index contributed by atoms with van der Waals surface area (Å²) in [6, 6.07) is 42.2. The maximum Gasteiger partial charge on any atom is 0.330 e. The molecular formula is C44H51N3O7Si. The molecule has 0 saturated carbocycles. The van der Waals surface area contributed by atoms with Crippen LogP contribution in [0.1, 0.15) is 58.4 Å². The molecule has 2 saturated heterocycles. The first-order valence-corrected chi connectivity index (χ1v) is 20.9. The summed E-state index contributed by atoms with van der Waals surface area (Å²) in [7, 11) is -2.97. The van der Waals surface area contributed by atoms with E-state index < -0.39 is 49.9 Å². The van der Waals surface area contributed by atoms with Crippen LogP contribution < -0.4 is 21.6 Å². The minimum Gasteiger partial charge on any atom is -0.405 e. The average molecular weight is 762 g/mol. The Morgan fingerprint density at radius 3 is 1.93 bits per heavy atom. The van der Waals surface area contributed by atoms with Crippen molar-refractivity contribution >= 4 is 18.7 Å². The Kier molecular flexibility index (Phi) is 11.5. The fraction of sp³-hybridized carbons (Fsp3) is 0.364. The molecule has 2 aliphatic heterocycles. The van der Waals surface area contributed by atoms with Gasteiger partial charge in [0, 0.05) is 25.2 Å². The topological polar surface area (TPSA) is 104 Å². The highest BCUT2D eigenvalue weighted by atomic mass is 28.4. The quantitative estimate of drug-likeness (QED) is 0.148. The molecule has 3 heterocycles. The molecule has 5 aromatic rings. The maximum atomic E-state index is 13.0. The summed E-state index contributed by atoms with van der Waals surface area (Å²) >= 11 is 0. The molecule has 1 aromatic heterocycles. The SMILES string of the molecule is CC1(C)O[C@@H]([C@@H](CO[Si](c2ccccc2)(c2ccccc2)C(C)(C)C)OCc2ccccc2)[C@H]([C@@H]2C[C@H](n3ccc(=O)[nH]c3=O)ON2Cc2ccccc2)O1. The van der Waals surface area contributed by atoms with Gasteiger partial charge < -0.3 is 18.6 Å². The first-order chi connectivity index (χ1) is 26.4. The van der Waals surface area contributed by atoms with Gasteiger partial charge in [-0.1, -0.05) is 142 Å². The van der Waals surface area contributed by atoms with Crippen LogP contribution in [0.15, 0.2) is 143 Å². The zero-order valence-electron chi connectivity index (χ0n) is 32.2. The molecule has 4 aromatic carbocycles. The molecule has 288 valence electrons. The Morgan fingerprint density at radius 1 is 0.800 bits per heavy atom. The molecule has 0 spiro atoms. The van der Waals surface area contributed by atoms with Gasteiger partial charge in [0.25, 0.3) is 13.9 Å². The van der Waals surface area contributed by atoms with Crippen LogP contribution in [0.2, 0.25) is 5.04 Å². The van der Waals surface area contributed by atoms with E-state index in [2.05, 4.69) is 74.3 Å². The highest BCUT2D eigenvalue weighted by Crippen LogP contribution is 2.42. The van der Waals surface area contributed by atoms with E-state index in [1.165, 1.54) is 27.2 Å². The van der Waals surface area contributed by atoms with Crippen LogP contribution in [0.4, 0.5) is 0 Å². The fourth-order valence-corrected chi connectivity index (χ4v) is 12.6. The number of nitrogens with zero attached hydrogens (tertiary/aromatic N) is 2. The third-order valence-electron chi connectivity index (χ3n) is 10.5. The van der Waals surface area contributed by atoms with E-state index in [-0.39, 0.29) is 17.7 Å². The smallest absolute Gasteiger partial charge is 0.330 e. The van der Waals surface area contributed by atoms with E-state index in [0.717, 1.165) is 11.1 Å². The lowest BCUT2D eigenvalue weighted by Crippen LogP contribution is -2.67. The van der Waals surface area contributed by atoms with Crippen LogP contribution in [0.3, 0.4) is 0 Å². The van der Waals surface area contributed by atoms with E-state index in [4.69, 9.17) is 23.5 Å². The van der Waals surface area contributed by atoms with E-state index >= 15 is 0 Å². The van der Waals surface area contributed by atoms with Crippen LogP contribution in [0.5, 0.6) is 0 Å². The molecular weight excluding hydrogens is 711 g/mol. The molecule has 0 bridgehead atoms. The summed E-state index contributed by atoms with van der Waals surface area (Å²) < 4.78 is 29.5. The second-order valence-electron chi connectivity index (χ2n) is 15.8. The van der Waals surface area contributed by atoms with Gasteiger partial charge in [-0.3, -0.25) is 19.2 Å². The maximum absolute atomic E-state index is 13.0. The van der Waals surface area contributed by atoms with E-state index in [1.807, 2.05) is 91.7 Å². The van der Waals surface area contributed by atoms with Crippen molar-refractivity contribution in [3.05, 3.63) is 166 Å². The molecule has 11 heteroatoms. The first-order valence-electron chi connectivity index (χ1n) is 19.0. The standard InChI is InChI=1S/C44H51N3O7Si/c1-43(2,3)55(34-22-14-8-15-23-34,35-24-16-9-17-25-35)51-31-37(50-30-33-20-12-7-13-21-33)41-40(52-44(4,5)53-41)36-28-39(46-27-26-38(48)45-42(46)49)54-47(36)29-32-18-10-6-11-19-32/h6-27,36-37,39-41H,28-31H2,1-5H3,(H,45,48,49)/t36-,37+,39+,40-,41-/m0/s1. The van der Waals surface area contributed by atoms with Crippen molar-refractivity contribution in [3.8, 4) is 0 Å². The molecule has 0 aliphatic carbocycles. The number of hydrogen-bond acceptors (Lipinski definition) is 8. The van der Waals surface area contributed by atoms with Crippen molar-refractivity contribution in [3.63, 3.8) is 0 Å². The molecule has 0 radical (unpaired) electrons. The lowest BCUT2D eigenvalue weighted by atomic mass is 9.98. The molecule has 0 amide bonds. The van der Waals surface area contributed by atoms with Gasteiger partial charge in [-0.25, -0.2) is 4.79 Å². The molecule has 10 nitrogen and oxygen atoms in total. The van der Waals surface area contributed by atoms with E-state index in [9.17, 15) is 9.59 Å². The van der Waals surface area contributed by atoms with Crippen LogP contribution >= 0.6 is 0 Å². The summed E-state index contributed by atoms with van der Waals surface area (Å²) in [6.45, 7) is 11.6. The summed E-state index contributed by atoms with van der Waals surface area (Å²) in [6.07, 6.45) is -0.530. The van der Waals surface area contributed by atoms with Crippen LogP contribution in [0.25, 0.3) is 0 Å². The Balaban J connectivity index is 1.28. The molecule has 0 unspecified atom stereocenters. The summed E-state index contributed by atoms with van der Waals surface area (Å²) in [5.41, 5.74) is 1.05. The Hall–Kier alpha value is -4.46. The van der Waals surface area contributed by atoms with E-state index in [1.54, 1.807) is 0 Å². The Morgan fingerprint density at radius 2 is 1.36 bits per heavy atom. The number of rotatable bonds is 13. The van der Waals surface area contributed by atoms with Crippen molar-refractivity contribution in [2.24, 2.45) is 0 Å². The normalized spacial score (nSPS) is 22.1. The highest BCUT2D eigenvalue weighted by molar-refractivity contribution is 6.99. The molecule has 2 fully saturated rings. The number of aromatic nitrogens is 2. The summed E-state index contributed by atoms with van der Waals surface area (Å²) in [5.74, 6) is -0.966. The van der Waals surface area contributed by atoms with Gasteiger partial charge in [-0.2, -0.15) is 5.06 Å². The van der Waals surface area contributed by atoms with Gasteiger partial charge in [-0.05, 0) is 40.4 Å². The second-order valence-corrected chi connectivity index (χ2v) is 20.1. The van der Waals surface area contributed by atoms with Gasteiger partial charge in [0.15, 0.2) is 12.0 Å². The van der Waals surface area contributed by atoms with E-state index in [0.29, 0.717) is 19.6 Å². The number of aromatic amines is 1. The lowest BCUT2D eigenvalue weighted by Gasteiger charge is -2.44. The van der Waals surface area contributed by atoms with Gasteiger partial charge in [0.1, 0.15) is 18.3 Å². The van der Waals surface area contributed by atoms with Crippen molar-refractivity contribution in [2.45, 2.75) is 95.6 Å². The average Bonchev–Trinajstić information content (AvgIpc) is 3.73. The third kappa shape index (κ3) is 8.53. The Bertz CT molecular complexity index is 2070. The van der Waals surface area contributed by atoms with Crippen LogP contribution in [-0.2, 0) is 36.6 Å². The van der Waals surface area contributed by atoms with Crippen molar-refractivity contribution < 1.29 is 23.5 Å². The number of hydroxylamine groups is 2. The Labute approximate surface area is 323 Å². The zero-order valence-corrected chi connectivity index (χ0v) is 33.2. The number of hydrogen-bond donors (Lipinski definition) is 1. The van der Waals surface area contributed by atoms with Crippen molar-refractivity contribution in [2.75, 3.05) is 6.61 Å². The molecule has 55 heavy (non-hydrogen) atoms. The minimum absolute atomic E-state index is 0.232. The number of ether oxygens (including phenoxy) is 3. The van der Waals surface area contributed by atoms with Crippen LogP contribution in [-0.4, -0.2) is 59.7 Å². The lowest BCUT2D eigenvalue weighted by molar-refractivity contribution is -0.210. The predicted octanol–water partition coefficient (Wildman–Crippen LogP) is 5.92. The molecule has 2 aliphatic rings. The van der Waals surface area contributed by atoms with Gasteiger partial charge in [-0.15, -0.1) is 0 Å². The highest BCUT2D eigenvalue weighted by Gasteiger charge is 2.55. The summed E-state index contributed by atoms with van der Waals surface area (Å²) in [4.78, 5) is 34.0. The second kappa shape index (κ2) is 16.3. The molecule has 1 N–H and O–H groups in total. The van der Waals surface area contributed by atoms with Crippen LogP contribution in [0, 0.1) is 0 Å². The van der Waals surface area contributed by atoms with Gasteiger partial charge in [0.05, 0.1) is 19.3 Å². The number of nitrogens with one attached hydrogen (secondary N) is 1. The third-order valence-corrected chi connectivity index (χ3v) is 15.5. The van der Waals surface area contributed by atoms with Gasteiger partial charge >= 0.3 is 5.69 Å². The number of benzene rings is 4. The van der Waals surface area contributed by atoms with Crippen molar-refractivity contribution in [1.29, 1.82) is 0 Å². The first kappa shape index (κ1) is 38.8. The van der Waals surface area contributed by atoms with Gasteiger partial charge in [0.2, 0.25) is 0 Å². The predicted molar refractivity (Wildman–Crippen MR) is 214 cm³/mol. The summed E-state index contributed by atoms with van der Waals surface area (Å²) in [5, 5.41) is 3.97. The zero-order chi connectivity index (χ0) is 38.6. The van der Waals surface area contributed by atoms with Crippen molar-refractivity contribution in [1.82, 2.24) is 14.6 Å². The molecule has 7 rings (SSSR count). The fourth-order valence-electron chi connectivity index (χ4n) is 8.02. The largest absolute Gasteiger partial charge is 0.405 e.